The maximum absolute atomic E-state index is 9.40. The molecule has 0 radical (unpaired) electrons. The van der Waals surface area contributed by atoms with Crippen LogP contribution in [0.15, 0.2) is 24.3 Å². The van der Waals surface area contributed by atoms with E-state index < -0.39 is 0 Å². The smallest absolute Gasteiger partial charge is 0.0508 e. The molecule has 1 fully saturated rings. The molecule has 0 aliphatic heterocycles. The first-order chi connectivity index (χ1) is 7.08. The molecule has 15 heavy (non-hydrogen) atoms. The highest BCUT2D eigenvalue weighted by molar-refractivity contribution is 6.30. The lowest BCUT2D eigenvalue weighted by molar-refractivity contribution is 0.198. The molecule has 82 valence electrons. The van der Waals surface area contributed by atoms with E-state index in [1.54, 1.807) is 0 Å². The zero-order valence-corrected chi connectivity index (χ0v) is 9.59. The standard InChI is InChI=1S/C12H16ClNO/c1-11(6-12(11,7-14)8-15)9-2-4-10(13)5-3-9/h2-5,15H,6-8,14H2,1H3. The van der Waals surface area contributed by atoms with Crippen LogP contribution in [-0.2, 0) is 5.41 Å². The molecule has 1 aromatic rings. The fourth-order valence-corrected chi connectivity index (χ4v) is 2.58. The molecule has 3 heteroatoms. The van der Waals surface area contributed by atoms with Crippen molar-refractivity contribution in [1.82, 2.24) is 0 Å². The zero-order valence-electron chi connectivity index (χ0n) is 8.83. The number of halogens is 1. The van der Waals surface area contributed by atoms with Gasteiger partial charge in [0.1, 0.15) is 0 Å². The van der Waals surface area contributed by atoms with E-state index >= 15 is 0 Å². The van der Waals surface area contributed by atoms with Crippen LogP contribution in [0.1, 0.15) is 18.9 Å². The monoisotopic (exact) mass is 225 g/mol. The first-order valence-electron chi connectivity index (χ1n) is 5.15. The molecule has 0 saturated heterocycles. The third-order valence-corrected chi connectivity index (χ3v) is 4.16. The molecule has 1 saturated carbocycles. The molecular weight excluding hydrogens is 210 g/mol. The molecule has 0 amide bonds. The van der Waals surface area contributed by atoms with Crippen molar-refractivity contribution in [2.45, 2.75) is 18.8 Å². The summed E-state index contributed by atoms with van der Waals surface area (Å²) in [5, 5.41) is 10.1. The number of benzene rings is 1. The summed E-state index contributed by atoms with van der Waals surface area (Å²) in [6.45, 7) is 2.84. The van der Waals surface area contributed by atoms with Crippen LogP contribution in [0.5, 0.6) is 0 Å². The van der Waals surface area contributed by atoms with Gasteiger partial charge in [-0.05, 0) is 24.1 Å². The summed E-state index contributed by atoms with van der Waals surface area (Å²) < 4.78 is 0. The quantitative estimate of drug-likeness (QED) is 0.826. The molecule has 2 atom stereocenters. The second kappa shape index (κ2) is 3.48. The molecule has 0 aromatic heterocycles. The highest BCUT2D eigenvalue weighted by atomic mass is 35.5. The van der Waals surface area contributed by atoms with Crippen LogP contribution < -0.4 is 5.73 Å². The predicted octanol–water partition coefficient (Wildman–Crippen LogP) is 1.94. The number of nitrogens with two attached hydrogens (primary N) is 1. The molecule has 2 unspecified atom stereocenters. The normalized spacial score (nSPS) is 34.1. The molecule has 0 heterocycles. The van der Waals surface area contributed by atoms with Crippen LogP contribution in [0.4, 0.5) is 0 Å². The molecule has 3 N–H and O–H groups in total. The lowest BCUT2D eigenvalue weighted by Gasteiger charge is -2.19. The number of hydrogen-bond acceptors (Lipinski definition) is 2. The minimum atomic E-state index is -0.124. The molecule has 1 aliphatic carbocycles. The average Bonchev–Trinajstić information content (AvgIpc) is 2.87. The van der Waals surface area contributed by atoms with E-state index in [4.69, 9.17) is 17.3 Å². The molecule has 0 bridgehead atoms. The van der Waals surface area contributed by atoms with Gasteiger partial charge in [0.05, 0.1) is 6.61 Å². The van der Waals surface area contributed by atoms with Gasteiger partial charge < -0.3 is 10.8 Å². The number of hydrogen-bond donors (Lipinski definition) is 2. The first kappa shape index (κ1) is 10.9. The van der Waals surface area contributed by atoms with E-state index in [0.29, 0.717) is 6.54 Å². The van der Waals surface area contributed by atoms with Crippen LogP contribution in [0.3, 0.4) is 0 Å². The van der Waals surface area contributed by atoms with Gasteiger partial charge in [-0.15, -0.1) is 0 Å². The van der Waals surface area contributed by atoms with Crippen molar-refractivity contribution in [2.24, 2.45) is 11.1 Å². The Morgan fingerprint density at radius 1 is 1.40 bits per heavy atom. The highest BCUT2D eigenvalue weighted by Gasteiger charge is 2.63. The third kappa shape index (κ3) is 1.48. The summed E-state index contributed by atoms with van der Waals surface area (Å²) in [5.41, 5.74) is 6.84. The van der Waals surface area contributed by atoms with Crippen LogP contribution in [0.2, 0.25) is 5.02 Å². The van der Waals surface area contributed by atoms with Gasteiger partial charge in [0.2, 0.25) is 0 Å². The van der Waals surface area contributed by atoms with Gasteiger partial charge in [-0.25, -0.2) is 0 Å². The Morgan fingerprint density at radius 3 is 2.40 bits per heavy atom. The summed E-state index contributed by atoms with van der Waals surface area (Å²) in [4.78, 5) is 0. The van der Waals surface area contributed by atoms with Crippen molar-refractivity contribution < 1.29 is 5.11 Å². The predicted molar refractivity (Wildman–Crippen MR) is 62.0 cm³/mol. The summed E-state index contributed by atoms with van der Waals surface area (Å²) in [5.74, 6) is 0. The van der Waals surface area contributed by atoms with Crippen LogP contribution >= 0.6 is 11.6 Å². The molecule has 2 rings (SSSR count). The lowest BCUT2D eigenvalue weighted by Crippen LogP contribution is -2.27. The maximum atomic E-state index is 9.40. The Morgan fingerprint density at radius 2 is 2.00 bits per heavy atom. The van der Waals surface area contributed by atoms with Crippen molar-refractivity contribution >= 4 is 11.6 Å². The van der Waals surface area contributed by atoms with E-state index in [-0.39, 0.29) is 17.4 Å². The number of aliphatic hydroxyl groups is 1. The Kier molecular flexibility index (Phi) is 2.53. The SMILES string of the molecule is CC1(c2ccc(Cl)cc2)CC1(CN)CO. The fraction of sp³-hybridized carbons (Fsp3) is 0.500. The highest BCUT2D eigenvalue weighted by Crippen LogP contribution is 2.63. The van der Waals surface area contributed by atoms with Gasteiger partial charge in [0.15, 0.2) is 0 Å². The Balaban J connectivity index is 2.30. The summed E-state index contributed by atoms with van der Waals surface area (Å²) in [7, 11) is 0. The average molecular weight is 226 g/mol. The van der Waals surface area contributed by atoms with Crippen LogP contribution in [0, 0.1) is 5.41 Å². The molecule has 0 spiro atoms. The lowest BCUT2D eigenvalue weighted by atomic mass is 9.88. The van der Waals surface area contributed by atoms with Crippen LogP contribution in [-0.4, -0.2) is 18.3 Å². The van der Waals surface area contributed by atoms with Crippen LogP contribution in [0.25, 0.3) is 0 Å². The number of rotatable bonds is 3. The minimum absolute atomic E-state index is 0.0150. The fourth-order valence-electron chi connectivity index (χ4n) is 2.45. The van der Waals surface area contributed by atoms with E-state index in [2.05, 4.69) is 6.92 Å². The second-order valence-electron chi connectivity index (χ2n) is 4.66. The van der Waals surface area contributed by atoms with E-state index in [9.17, 15) is 5.11 Å². The van der Waals surface area contributed by atoms with Crippen molar-refractivity contribution in [3.63, 3.8) is 0 Å². The molecule has 2 nitrogen and oxygen atoms in total. The van der Waals surface area contributed by atoms with E-state index in [1.165, 1.54) is 5.56 Å². The zero-order chi connectivity index (χ0) is 11.1. The van der Waals surface area contributed by atoms with Crippen molar-refractivity contribution in [1.29, 1.82) is 0 Å². The number of aliphatic hydroxyl groups excluding tert-OH is 1. The third-order valence-electron chi connectivity index (χ3n) is 3.91. The van der Waals surface area contributed by atoms with Crippen molar-refractivity contribution in [2.75, 3.05) is 13.2 Å². The van der Waals surface area contributed by atoms with E-state index in [1.807, 2.05) is 24.3 Å². The van der Waals surface area contributed by atoms with Crippen molar-refractivity contribution in [3.8, 4) is 0 Å². The summed E-state index contributed by atoms with van der Waals surface area (Å²) >= 11 is 5.85. The largest absolute Gasteiger partial charge is 0.396 e. The van der Waals surface area contributed by atoms with Gasteiger partial charge in [-0.2, -0.15) is 0 Å². The van der Waals surface area contributed by atoms with Gasteiger partial charge in [-0.3, -0.25) is 0 Å². The topological polar surface area (TPSA) is 46.2 Å². The maximum Gasteiger partial charge on any atom is 0.0508 e. The summed E-state index contributed by atoms with van der Waals surface area (Å²) in [6, 6.07) is 7.82. The minimum Gasteiger partial charge on any atom is -0.396 e. The molecule has 1 aliphatic rings. The Bertz CT molecular complexity index is 358. The van der Waals surface area contributed by atoms with E-state index in [0.717, 1.165) is 11.4 Å². The Labute approximate surface area is 95.1 Å². The molecule has 1 aromatic carbocycles. The van der Waals surface area contributed by atoms with Gasteiger partial charge in [-0.1, -0.05) is 30.7 Å². The Hall–Kier alpha value is -0.570. The second-order valence-corrected chi connectivity index (χ2v) is 5.09. The van der Waals surface area contributed by atoms with Gasteiger partial charge >= 0.3 is 0 Å². The first-order valence-corrected chi connectivity index (χ1v) is 5.53. The van der Waals surface area contributed by atoms with Gasteiger partial charge in [0, 0.05) is 22.4 Å². The summed E-state index contributed by atoms with van der Waals surface area (Å²) in [6.07, 6.45) is 0.953. The van der Waals surface area contributed by atoms with Crippen molar-refractivity contribution in [3.05, 3.63) is 34.9 Å². The molecular formula is C12H16ClNO. The van der Waals surface area contributed by atoms with Gasteiger partial charge in [0.25, 0.3) is 0 Å².